The number of carbonyl (C=O) groups is 1. The largest absolute Gasteiger partial charge is 0.390 e. The number of unbranched alkanes of at least 4 members (excludes halogenated alkanes) is 2. The van der Waals surface area contributed by atoms with Gasteiger partial charge in [-0.3, -0.25) is 25.0 Å². The molecule has 25 heteroatoms. The van der Waals surface area contributed by atoms with Gasteiger partial charge < -0.3 is 99.2 Å². The van der Waals surface area contributed by atoms with Crippen LogP contribution in [0.4, 0.5) is 5.69 Å². The van der Waals surface area contributed by atoms with Gasteiger partial charge in [0.25, 0.3) is 0 Å². The molecule has 392 valence electrons. The summed E-state index contributed by atoms with van der Waals surface area (Å²) >= 11 is 0. The maximum atomic E-state index is 12.6. The van der Waals surface area contributed by atoms with E-state index in [4.69, 9.17) is 47.7 Å². The average molecular weight is 983 g/mol. The molecule has 5 rings (SSSR count). The fraction of sp³-hybridized carbons (Fsp3) is 0.884. The van der Waals surface area contributed by atoms with E-state index in [9.17, 15) is 55.2 Å². The van der Waals surface area contributed by atoms with Crippen LogP contribution in [0.25, 0.3) is 0 Å². The van der Waals surface area contributed by atoms with Crippen LogP contribution in [-0.2, 0) is 47.4 Å². The van der Waals surface area contributed by atoms with E-state index in [1.165, 1.54) is 41.7 Å². The van der Waals surface area contributed by atoms with Crippen LogP contribution in [0, 0.1) is 0 Å². The topological polar surface area (TPSA) is 364 Å². The van der Waals surface area contributed by atoms with Gasteiger partial charge in [0.1, 0.15) is 67.1 Å². The SMILES string of the molecule is CNc1c(C(CCCCCO[C@@H]2OC(C)[C@H](O)[C@H](O)C2O[C@@H]2OC(C)[C@H](O)[C@H](O[C@@H]3OC(C)[C@H](O)[C@H](O[C@@H]4OC(C)[C@@H](NC(=O)CC(C)(C)O)[C@H](O)C4OC)C3O)C2O)NCNCO)c(=O)c1=O. The molecule has 9 unspecified atom stereocenters. The van der Waals surface area contributed by atoms with Gasteiger partial charge in [0, 0.05) is 39.0 Å². The smallest absolute Gasteiger partial charge is 0.249 e. The lowest BCUT2D eigenvalue weighted by Crippen LogP contribution is -2.67. The highest BCUT2D eigenvalue weighted by Gasteiger charge is 2.55. The van der Waals surface area contributed by atoms with Crippen LogP contribution in [0.15, 0.2) is 9.59 Å². The number of carbonyl (C=O) groups excluding carboxylic acids is 1. The van der Waals surface area contributed by atoms with Crippen molar-refractivity contribution in [2.24, 2.45) is 0 Å². The minimum Gasteiger partial charge on any atom is -0.390 e. The van der Waals surface area contributed by atoms with E-state index in [0.29, 0.717) is 31.2 Å². The Labute approximate surface area is 393 Å². The van der Waals surface area contributed by atoms with E-state index in [1.807, 2.05) is 0 Å². The van der Waals surface area contributed by atoms with Gasteiger partial charge in [-0.2, -0.15) is 0 Å². The molecule has 0 aromatic heterocycles. The lowest BCUT2D eigenvalue weighted by molar-refractivity contribution is -0.387. The van der Waals surface area contributed by atoms with Crippen molar-refractivity contribution in [1.29, 1.82) is 0 Å². The zero-order valence-electron chi connectivity index (χ0n) is 39.7. The Morgan fingerprint density at radius 2 is 1.22 bits per heavy atom. The molecule has 0 bridgehead atoms. The van der Waals surface area contributed by atoms with E-state index < -0.39 is 151 Å². The van der Waals surface area contributed by atoms with Gasteiger partial charge in [0.05, 0.1) is 54.9 Å². The summed E-state index contributed by atoms with van der Waals surface area (Å²) in [5.41, 5.74) is -1.91. The second-order valence-corrected chi connectivity index (χ2v) is 18.6. The molecule has 0 aliphatic carbocycles. The number of hydrogen-bond acceptors (Lipinski definition) is 24. The second-order valence-electron chi connectivity index (χ2n) is 18.6. The maximum absolute atomic E-state index is 12.6. The Morgan fingerprint density at radius 1 is 0.676 bits per heavy atom. The zero-order chi connectivity index (χ0) is 50.4. The lowest BCUT2D eigenvalue weighted by atomic mass is 9.94. The number of aliphatic hydroxyl groups excluding tert-OH is 8. The van der Waals surface area contributed by atoms with Gasteiger partial charge in [-0.05, 0) is 54.4 Å². The van der Waals surface area contributed by atoms with Crippen LogP contribution in [0.3, 0.4) is 0 Å². The fourth-order valence-corrected chi connectivity index (χ4v) is 8.91. The fourth-order valence-electron chi connectivity index (χ4n) is 8.91. The molecule has 4 saturated heterocycles. The molecule has 1 amide bonds. The Balaban J connectivity index is 1.21. The van der Waals surface area contributed by atoms with E-state index in [2.05, 4.69) is 21.3 Å². The summed E-state index contributed by atoms with van der Waals surface area (Å²) in [7, 11) is 2.82. The molecule has 4 aliphatic heterocycles. The number of ether oxygens (including phenoxy) is 9. The number of anilines is 1. The number of rotatable bonds is 23. The summed E-state index contributed by atoms with van der Waals surface area (Å²) in [6, 6.07) is -1.46. The Kier molecular flexibility index (Phi) is 20.6. The van der Waals surface area contributed by atoms with Gasteiger partial charge in [-0.15, -0.1) is 0 Å². The monoisotopic (exact) mass is 982 g/mol. The molecule has 4 heterocycles. The van der Waals surface area contributed by atoms with Crippen LogP contribution in [-0.4, -0.2) is 214 Å². The van der Waals surface area contributed by atoms with Crippen molar-refractivity contribution in [2.75, 3.05) is 39.5 Å². The van der Waals surface area contributed by atoms with Crippen molar-refractivity contribution in [2.45, 2.75) is 208 Å². The first-order valence-corrected chi connectivity index (χ1v) is 23.1. The van der Waals surface area contributed by atoms with Gasteiger partial charge in [0.2, 0.25) is 16.8 Å². The van der Waals surface area contributed by atoms with Crippen LogP contribution in [0.1, 0.15) is 85.3 Å². The lowest BCUT2D eigenvalue weighted by Gasteiger charge is -2.49. The molecule has 1 aromatic carbocycles. The molecule has 0 saturated carbocycles. The summed E-state index contributed by atoms with van der Waals surface area (Å²) in [4.78, 5) is 37.0. The second kappa shape index (κ2) is 24.8. The van der Waals surface area contributed by atoms with E-state index in [0.717, 1.165) is 0 Å². The van der Waals surface area contributed by atoms with Crippen molar-refractivity contribution in [3.05, 3.63) is 26.0 Å². The summed E-state index contributed by atoms with van der Waals surface area (Å²) in [6.45, 7) is 8.88. The Hall–Kier alpha value is -2.45. The molecule has 1 aromatic rings. The number of methoxy groups -OCH3 is 1. The van der Waals surface area contributed by atoms with Crippen molar-refractivity contribution in [3.8, 4) is 0 Å². The molecule has 21 atom stereocenters. The van der Waals surface area contributed by atoms with Gasteiger partial charge >= 0.3 is 0 Å². The molecule has 4 fully saturated rings. The van der Waals surface area contributed by atoms with E-state index >= 15 is 0 Å². The molecular weight excluding hydrogens is 908 g/mol. The van der Waals surface area contributed by atoms with Crippen molar-refractivity contribution in [1.82, 2.24) is 16.0 Å². The standard InChI is InChI=1S/C43H74N4O21/c1-17-24(47-22(49)14-43(5,6)59)31(55)37(60-8)42(62-17)67-36-28(52)20(4)63-39(34(36)58)66-35-27(51)19(3)64-40(33(35)57)68-38-32(56)26(50)18(2)65-41(38)61-13-11-9-10-12-21(46-15-45-16-48)23-25(44-7)30(54)29(23)53/h17-21,24,26-28,31-42,44-46,48,50-52,55-59H,9-16H2,1-8H3,(H,47,49)/t17?,18?,19?,20?,21?,24-,26+,27+,28+,31+,32+,33?,34?,35+,36+,37?,38?,39+,40+,41-,42+/m1/s1. The third kappa shape index (κ3) is 13.3. The summed E-state index contributed by atoms with van der Waals surface area (Å²) < 4.78 is 53.1. The van der Waals surface area contributed by atoms with Crippen molar-refractivity contribution >= 4 is 11.6 Å². The highest BCUT2D eigenvalue weighted by Crippen LogP contribution is 2.35. The number of nitrogens with one attached hydrogen (secondary N) is 4. The van der Waals surface area contributed by atoms with Gasteiger partial charge in [0.15, 0.2) is 25.2 Å². The molecule has 0 spiro atoms. The molecular formula is C43H74N4O21. The molecule has 4 aliphatic rings. The Bertz CT molecular complexity index is 1800. The first-order chi connectivity index (χ1) is 32.0. The van der Waals surface area contributed by atoms with Crippen molar-refractivity contribution < 1.29 is 93.4 Å². The van der Waals surface area contributed by atoms with Gasteiger partial charge in [-0.1, -0.05) is 12.8 Å². The molecule has 68 heavy (non-hydrogen) atoms. The van der Waals surface area contributed by atoms with E-state index in [1.54, 1.807) is 14.0 Å². The summed E-state index contributed by atoms with van der Waals surface area (Å²) in [5.74, 6) is -0.558. The summed E-state index contributed by atoms with van der Waals surface area (Å²) in [5, 5.41) is 109. The average Bonchev–Trinajstić information content (AvgIpc) is 3.27. The molecule has 25 nitrogen and oxygen atoms in total. The number of hydrogen-bond donors (Lipinski definition) is 13. The van der Waals surface area contributed by atoms with E-state index in [-0.39, 0.29) is 32.1 Å². The zero-order valence-corrected chi connectivity index (χ0v) is 39.7. The minimum atomic E-state index is -1.84. The van der Waals surface area contributed by atoms with Crippen molar-refractivity contribution in [3.63, 3.8) is 0 Å². The quantitative estimate of drug-likeness (QED) is 0.0279. The normalized spacial score (nSPS) is 39.7. The Morgan fingerprint density at radius 3 is 1.78 bits per heavy atom. The van der Waals surface area contributed by atoms with Gasteiger partial charge in [-0.25, -0.2) is 0 Å². The highest BCUT2D eigenvalue weighted by atomic mass is 16.8. The highest BCUT2D eigenvalue weighted by molar-refractivity contribution is 5.77. The number of aliphatic hydroxyl groups is 9. The summed E-state index contributed by atoms with van der Waals surface area (Å²) in [6.07, 6.45) is -25.2. The van der Waals surface area contributed by atoms with Crippen LogP contribution < -0.4 is 32.1 Å². The first kappa shape index (κ1) is 56.5. The maximum Gasteiger partial charge on any atom is 0.249 e. The van der Waals surface area contributed by atoms with Crippen LogP contribution in [0.5, 0.6) is 0 Å². The predicted molar refractivity (Wildman–Crippen MR) is 234 cm³/mol. The number of amides is 1. The predicted octanol–water partition coefficient (Wildman–Crippen LogP) is -4.65. The van der Waals surface area contributed by atoms with Crippen LogP contribution in [0.2, 0.25) is 0 Å². The third-order valence-electron chi connectivity index (χ3n) is 12.8. The minimum absolute atomic E-state index is 0.0837. The molecule has 0 radical (unpaired) electrons. The third-order valence-corrected chi connectivity index (χ3v) is 12.8. The first-order valence-electron chi connectivity index (χ1n) is 23.1. The van der Waals surface area contributed by atoms with Crippen LogP contribution >= 0.6 is 0 Å². The molecule has 13 N–H and O–H groups in total.